The Balaban J connectivity index is 2.46. The number of hydrogen-bond donors (Lipinski definition) is 2. The summed E-state index contributed by atoms with van der Waals surface area (Å²) in [4.78, 5) is 6.48. The molecule has 1 rings (SSSR count). The van der Waals surface area contributed by atoms with E-state index in [4.69, 9.17) is 5.73 Å². The van der Waals surface area contributed by atoms with Gasteiger partial charge in [-0.1, -0.05) is 38.1 Å². The van der Waals surface area contributed by atoms with Crippen molar-refractivity contribution >= 4 is 5.96 Å². The van der Waals surface area contributed by atoms with Crippen molar-refractivity contribution in [1.29, 1.82) is 0 Å². The third kappa shape index (κ3) is 6.82. The van der Waals surface area contributed by atoms with Crippen LogP contribution in [-0.4, -0.2) is 31.5 Å². The highest BCUT2D eigenvalue weighted by Gasteiger charge is 1.98. The van der Waals surface area contributed by atoms with Crippen LogP contribution in [-0.2, 0) is 13.1 Å². The van der Waals surface area contributed by atoms with Crippen molar-refractivity contribution in [3.8, 4) is 0 Å². The standard InChI is InChI=1S/C15H26N4/c1-12(2)9-17-15(16)18-10-13-5-7-14(8-6-13)11-19(3)4/h5-8,12H,9-11H2,1-4H3,(H3,16,17,18). The zero-order valence-corrected chi connectivity index (χ0v) is 12.5. The van der Waals surface area contributed by atoms with Gasteiger partial charge in [-0.05, 0) is 31.1 Å². The van der Waals surface area contributed by atoms with E-state index < -0.39 is 0 Å². The van der Waals surface area contributed by atoms with Crippen LogP contribution in [0.25, 0.3) is 0 Å². The van der Waals surface area contributed by atoms with Crippen molar-refractivity contribution in [1.82, 2.24) is 10.2 Å². The van der Waals surface area contributed by atoms with Gasteiger partial charge in [0.05, 0.1) is 6.54 Å². The Bertz CT molecular complexity index is 393. The topological polar surface area (TPSA) is 53.6 Å². The number of nitrogens with one attached hydrogen (secondary N) is 1. The lowest BCUT2D eigenvalue weighted by Crippen LogP contribution is -2.34. The highest BCUT2D eigenvalue weighted by Crippen LogP contribution is 2.07. The number of rotatable bonds is 6. The predicted molar refractivity (Wildman–Crippen MR) is 82.0 cm³/mol. The first-order chi connectivity index (χ1) is 8.97. The molecule has 0 amide bonds. The van der Waals surface area contributed by atoms with Crippen molar-refractivity contribution in [2.75, 3.05) is 20.6 Å². The van der Waals surface area contributed by atoms with Gasteiger partial charge in [0.1, 0.15) is 0 Å². The van der Waals surface area contributed by atoms with Gasteiger partial charge in [0, 0.05) is 13.1 Å². The Morgan fingerprint density at radius 3 is 2.32 bits per heavy atom. The van der Waals surface area contributed by atoms with E-state index in [1.165, 1.54) is 11.1 Å². The number of benzene rings is 1. The van der Waals surface area contributed by atoms with Gasteiger partial charge >= 0.3 is 0 Å². The van der Waals surface area contributed by atoms with Crippen molar-refractivity contribution in [2.24, 2.45) is 16.6 Å². The van der Waals surface area contributed by atoms with Crippen LogP contribution >= 0.6 is 0 Å². The first-order valence-electron chi connectivity index (χ1n) is 6.73. The Morgan fingerprint density at radius 1 is 1.21 bits per heavy atom. The van der Waals surface area contributed by atoms with Crippen molar-refractivity contribution in [3.05, 3.63) is 35.4 Å². The summed E-state index contributed by atoms with van der Waals surface area (Å²) in [7, 11) is 4.14. The molecule has 3 N–H and O–H groups in total. The molecule has 0 heterocycles. The Morgan fingerprint density at radius 2 is 1.79 bits per heavy atom. The minimum Gasteiger partial charge on any atom is -0.370 e. The van der Waals surface area contributed by atoms with Gasteiger partial charge in [-0.15, -0.1) is 0 Å². The smallest absolute Gasteiger partial charge is 0.188 e. The molecule has 0 saturated carbocycles. The minimum atomic E-state index is 0.520. The second-order valence-corrected chi connectivity index (χ2v) is 5.53. The highest BCUT2D eigenvalue weighted by molar-refractivity contribution is 5.77. The van der Waals surface area contributed by atoms with Crippen molar-refractivity contribution < 1.29 is 0 Å². The first-order valence-corrected chi connectivity index (χ1v) is 6.73. The van der Waals surface area contributed by atoms with E-state index >= 15 is 0 Å². The van der Waals surface area contributed by atoms with Crippen LogP contribution in [0.1, 0.15) is 25.0 Å². The lowest BCUT2D eigenvalue weighted by Gasteiger charge is -2.10. The molecule has 0 radical (unpaired) electrons. The Labute approximate surface area is 116 Å². The molecule has 0 spiro atoms. The molecule has 4 nitrogen and oxygen atoms in total. The maximum absolute atomic E-state index is 5.80. The molecule has 0 aliphatic carbocycles. The van der Waals surface area contributed by atoms with Gasteiger partial charge in [-0.25, -0.2) is 4.99 Å². The van der Waals surface area contributed by atoms with E-state index in [2.05, 4.69) is 67.4 Å². The number of guanidine groups is 1. The summed E-state index contributed by atoms with van der Waals surface area (Å²) in [5, 5.41) is 3.11. The Hall–Kier alpha value is -1.55. The lowest BCUT2D eigenvalue weighted by molar-refractivity contribution is 0.402. The molecule has 0 aromatic heterocycles. The largest absolute Gasteiger partial charge is 0.370 e. The molecular formula is C15H26N4. The SMILES string of the molecule is CC(C)CNC(N)=NCc1ccc(CN(C)C)cc1. The fourth-order valence-corrected chi connectivity index (χ4v) is 1.66. The van der Waals surface area contributed by atoms with Gasteiger partial charge in [0.2, 0.25) is 0 Å². The van der Waals surface area contributed by atoms with Gasteiger partial charge in [-0.3, -0.25) is 0 Å². The summed E-state index contributed by atoms with van der Waals surface area (Å²) in [5.41, 5.74) is 8.28. The van der Waals surface area contributed by atoms with Crippen LogP contribution < -0.4 is 11.1 Å². The van der Waals surface area contributed by atoms with Gasteiger partial charge in [-0.2, -0.15) is 0 Å². The van der Waals surface area contributed by atoms with E-state index in [0.29, 0.717) is 18.4 Å². The minimum absolute atomic E-state index is 0.520. The van der Waals surface area contributed by atoms with Crippen molar-refractivity contribution in [2.45, 2.75) is 26.9 Å². The van der Waals surface area contributed by atoms with Gasteiger partial charge in [0.15, 0.2) is 5.96 Å². The summed E-state index contributed by atoms with van der Waals surface area (Å²) in [5.74, 6) is 1.09. The molecule has 1 aromatic rings. The normalized spacial score (nSPS) is 12.2. The zero-order chi connectivity index (χ0) is 14.3. The second-order valence-electron chi connectivity index (χ2n) is 5.53. The summed E-state index contributed by atoms with van der Waals surface area (Å²) >= 11 is 0. The van der Waals surface area contributed by atoms with Crippen LogP contribution in [0.4, 0.5) is 0 Å². The molecule has 19 heavy (non-hydrogen) atoms. The molecule has 106 valence electrons. The van der Waals surface area contributed by atoms with Crippen LogP contribution in [0.15, 0.2) is 29.3 Å². The molecule has 0 atom stereocenters. The number of hydrogen-bond acceptors (Lipinski definition) is 2. The van der Waals surface area contributed by atoms with Crippen LogP contribution in [0, 0.1) is 5.92 Å². The number of aliphatic imine (C=N–C) groups is 1. The predicted octanol–water partition coefficient (Wildman–Crippen LogP) is 1.81. The van der Waals surface area contributed by atoms with Crippen LogP contribution in [0.3, 0.4) is 0 Å². The lowest BCUT2D eigenvalue weighted by atomic mass is 10.1. The summed E-state index contributed by atoms with van der Waals surface area (Å²) in [6.45, 7) is 6.73. The highest BCUT2D eigenvalue weighted by atomic mass is 15.1. The fraction of sp³-hybridized carbons (Fsp3) is 0.533. The van der Waals surface area contributed by atoms with E-state index in [1.54, 1.807) is 0 Å². The molecule has 0 aliphatic rings. The Kier molecular flexibility index (Phi) is 6.36. The van der Waals surface area contributed by atoms with Crippen molar-refractivity contribution in [3.63, 3.8) is 0 Å². The molecule has 0 unspecified atom stereocenters. The van der Waals surface area contributed by atoms with Gasteiger partial charge < -0.3 is 16.0 Å². The molecule has 0 aliphatic heterocycles. The average Bonchev–Trinajstić information content (AvgIpc) is 2.35. The van der Waals surface area contributed by atoms with Gasteiger partial charge in [0.25, 0.3) is 0 Å². The zero-order valence-electron chi connectivity index (χ0n) is 12.5. The number of nitrogens with zero attached hydrogens (tertiary/aromatic N) is 2. The third-order valence-corrected chi connectivity index (χ3v) is 2.65. The molecule has 0 saturated heterocycles. The van der Waals surface area contributed by atoms with Crippen LogP contribution in [0.2, 0.25) is 0 Å². The number of nitrogens with two attached hydrogens (primary N) is 1. The quantitative estimate of drug-likeness (QED) is 0.607. The average molecular weight is 262 g/mol. The summed E-state index contributed by atoms with van der Waals surface area (Å²) in [6.07, 6.45) is 0. The fourth-order valence-electron chi connectivity index (χ4n) is 1.66. The van der Waals surface area contributed by atoms with Crippen LogP contribution in [0.5, 0.6) is 0 Å². The molecule has 4 heteroatoms. The first kappa shape index (κ1) is 15.5. The maximum Gasteiger partial charge on any atom is 0.188 e. The monoisotopic (exact) mass is 262 g/mol. The summed E-state index contributed by atoms with van der Waals surface area (Å²) in [6, 6.07) is 8.50. The molecular weight excluding hydrogens is 236 g/mol. The van der Waals surface area contributed by atoms with E-state index in [-0.39, 0.29) is 0 Å². The van der Waals surface area contributed by atoms with E-state index in [0.717, 1.165) is 13.1 Å². The summed E-state index contributed by atoms with van der Waals surface area (Å²) < 4.78 is 0. The maximum atomic E-state index is 5.80. The molecule has 0 fully saturated rings. The second kappa shape index (κ2) is 7.79. The van der Waals surface area contributed by atoms with E-state index in [1.807, 2.05) is 0 Å². The van der Waals surface area contributed by atoms with E-state index in [9.17, 15) is 0 Å². The molecule has 1 aromatic carbocycles. The molecule has 0 bridgehead atoms. The third-order valence-electron chi connectivity index (χ3n) is 2.65.